The van der Waals surface area contributed by atoms with Gasteiger partial charge in [0.2, 0.25) is 5.88 Å². The monoisotopic (exact) mass is 390 g/mol. The Morgan fingerprint density at radius 3 is 2.66 bits per heavy atom. The average molecular weight is 390 g/mol. The number of carbonyl (C=O) groups is 1. The van der Waals surface area contributed by atoms with E-state index in [-0.39, 0.29) is 18.4 Å². The van der Waals surface area contributed by atoms with Crippen molar-refractivity contribution in [1.29, 1.82) is 0 Å². The van der Waals surface area contributed by atoms with Crippen LogP contribution in [0.3, 0.4) is 0 Å². The van der Waals surface area contributed by atoms with Gasteiger partial charge in [-0.2, -0.15) is 0 Å². The minimum Gasteiger partial charge on any atom is -0.474 e. The molecule has 148 valence electrons. The lowest BCUT2D eigenvalue weighted by molar-refractivity contribution is 0.0761. The van der Waals surface area contributed by atoms with Crippen LogP contribution in [0.4, 0.5) is 4.39 Å². The van der Waals surface area contributed by atoms with Crippen LogP contribution in [0.1, 0.15) is 34.0 Å². The second-order valence-electron chi connectivity index (χ2n) is 7.47. The maximum Gasteiger partial charge on any atom is 0.260 e. The Morgan fingerprint density at radius 1 is 1.14 bits per heavy atom. The number of alkyl halides is 1. The van der Waals surface area contributed by atoms with Gasteiger partial charge in [-0.25, -0.2) is 9.37 Å². The van der Waals surface area contributed by atoms with Crippen LogP contribution >= 0.6 is 0 Å². The van der Waals surface area contributed by atoms with Gasteiger partial charge in [-0.3, -0.25) is 4.79 Å². The predicted molar refractivity (Wildman–Crippen MR) is 110 cm³/mol. The van der Waals surface area contributed by atoms with Crippen molar-refractivity contribution < 1.29 is 13.9 Å². The van der Waals surface area contributed by atoms with Crippen LogP contribution < -0.4 is 4.74 Å². The first-order valence-corrected chi connectivity index (χ1v) is 9.71. The maximum absolute atomic E-state index is 13.1. The van der Waals surface area contributed by atoms with Crippen LogP contribution in [0.5, 0.6) is 5.88 Å². The highest BCUT2D eigenvalue weighted by Gasteiger charge is 2.31. The summed E-state index contributed by atoms with van der Waals surface area (Å²) < 4.78 is 18.5. The Bertz CT molecular complexity index is 1030. The zero-order valence-corrected chi connectivity index (χ0v) is 16.6. The molecule has 0 saturated heterocycles. The first-order chi connectivity index (χ1) is 14.0. The van der Waals surface area contributed by atoms with E-state index in [0.717, 1.165) is 16.7 Å². The van der Waals surface area contributed by atoms with Crippen LogP contribution in [0.15, 0.2) is 60.8 Å². The molecule has 5 heteroatoms. The first kappa shape index (κ1) is 19.1. The fourth-order valence-electron chi connectivity index (χ4n) is 3.55. The number of amides is 1. The van der Waals surface area contributed by atoms with E-state index >= 15 is 0 Å². The van der Waals surface area contributed by atoms with Crippen molar-refractivity contribution in [3.05, 3.63) is 83.0 Å². The highest BCUT2D eigenvalue weighted by Crippen LogP contribution is 2.30. The van der Waals surface area contributed by atoms with Gasteiger partial charge >= 0.3 is 0 Å². The van der Waals surface area contributed by atoms with Gasteiger partial charge in [0.1, 0.15) is 18.3 Å². The lowest BCUT2D eigenvalue weighted by Gasteiger charge is -2.16. The Hall–Kier alpha value is -3.21. The molecule has 0 fully saturated rings. The van der Waals surface area contributed by atoms with Crippen molar-refractivity contribution in [3.8, 4) is 17.0 Å². The molecular formula is C24H23FN2O2. The molecule has 0 spiro atoms. The smallest absolute Gasteiger partial charge is 0.260 e. The molecule has 4 nitrogen and oxygen atoms in total. The molecule has 1 aliphatic rings. The summed E-state index contributed by atoms with van der Waals surface area (Å²) in [5, 5.41) is 0. The van der Waals surface area contributed by atoms with Crippen LogP contribution in [-0.4, -0.2) is 28.6 Å². The highest BCUT2D eigenvalue weighted by atomic mass is 19.1. The van der Waals surface area contributed by atoms with E-state index < -0.39 is 6.17 Å². The van der Waals surface area contributed by atoms with Crippen LogP contribution in [0.2, 0.25) is 0 Å². The number of benzene rings is 2. The van der Waals surface area contributed by atoms with E-state index in [1.165, 1.54) is 18.1 Å². The average Bonchev–Trinajstić information content (AvgIpc) is 3.03. The maximum atomic E-state index is 13.1. The van der Waals surface area contributed by atoms with Gasteiger partial charge in [0.25, 0.3) is 5.91 Å². The second-order valence-corrected chi connectivity index (χ2v) is 7.47. The molecule has 2 aromatic carbocycles. The van der Waals surface area contributed by atoms with Crippen molar-refractivity contribution >= 4 is 5.91 Å². The third kappa shape index (κ3) is 4.14. The number of aromatic nitrogens is 1. The lowest BCUT2D eigenvalue weighted by atomic mass is 10.0. The fourth-order valence-corrected chi connectivity index (χ4v) is 3.55. The van der Waals surface area contributed by atoms with Crippen LogP contribution in [-0.2, 0) is 13.1 Å². The molecule has 3 aromatic rings. The van der Waals surface area contributed by atoms with Crippen molar-refractivity contribution in [3.63, 3.8) is 0 Å². The minimum absolute atomic E-state index is 0.114. The fraction of sp³-hybridized carbons (Fsp3) is 0.250. The van der Waals surface area contributed by atoms with E-state index in [9.17, 15) is 9.18 Å². The Balaban J connectivity index is 1.49. The predicted octanol–water partition coefficient (Wildman–Crippen LogP) is 4.95. The largest absolute Gasteiger partial charge is 0.474 e. The number of hydrogen-bond acceptors (Lipinski definition) is 3. The number of rotatable bonds is 6. The molecule has 4 rings (SSSR count). The third-order valence-corrected chi connectivity index (χ3v) is 4.99. The van der Waals surface area contributed by atoms with Gasteiger partial charge in [-0.1, -0.05) is 54.1 Å². The van der Waals surface area contributed by atoms with E-state index in [2.05, 4.69) is 48.3 Å². The summed E-state index contributed by atoms with van der Waals surface area (Å²) in [4.78, 5) is 18.8. The lowest BCUT2D eigenvalue weighted by Crippen LogP contribution is -2.23. The highest BCUT2D eigenvalue weighted by molar-refractivity contribution is 6.00. The molecule has 0 N–H and O–H groups in total. The number of fused-ring (bicyclic) bond motifs is 1. The number of halogens is 1. The summed E-state index contributed by atoms with van der Waals surface area (Å²) in [5.41, 5.74) is 5.91. The van der Waals surface area contributed by atoms with E-state index in [0.29, 0.717) is 18.7 Å². The SMILES string of the molecule is Cc1cccc(-c2ccc(CN3Cc4ccnc(OCC(C)F)c4C3=O)cc2)c1. The Morgan fingerprint density at radius 2 is 1.93 bits per heavy atom. The van der Waals surface area contributed by atoms with Crippen molar-refractivity contribution in [2.75, 3.05) is 6.61 Å². The molecule has 0 aliphatic carbocycles. The normalized spacial score (nSPS) is 14.0. The quantitative estimate of drug-likeness (QED) is 0.598. The molecule has 29 heavy (non-hydrogen) atoms. The van der Waals surface area contributed by atoms with Gasteiger partial charge in [0.15, 0.2) is 0 Å². The molecule has 0 radical (unpaired) electrons. The molecule has 1 atom stereocenters. The summed E-state index contributed by atoms with van der Waals surface area (Å²) in [6, 6.07) is 18.5. The Labute approximate surface area is 170 Å². The van der Waals surface area contributed by atoms with Crippen molar-refractivity contribution in [2.45, 2.75) is 33.1 Å². The molecule has 1 aromatic heterocycles. The topological polar surface area (TPSA) is 42.4 Å². The second kappa shape index (κ2) is 8.03. The molecule has 0 saturated carbocycles. The van der Waals surface area contributed by atoms with E-state index in [1.54, 1.807) is 11.1 Å². The third-order valence-electron chi connectivity index (χ3n) is 4.99. The first-order valence-electron chi connectivity index (χ1n) is 9.71. The van der Waals surface area contributed by atoms with E-state index in [4.69, 9.17) is 4.74 Å². The summed E-state index contributed by atoms with van der Waals surface area (Å²) in [7, 11) is 0. The van der Waals surface area contributed by atoms with Gasteiger partial charge < -0.3 is 9.64 Å². The number of nitrogens with zero attached hydrogens (tertiary/aromatic N) is 2. The van der Waals surface area contributed by atoms with Crippen molar-refractivity contribution in [1.82, 2.24) is 9.88 Å². The summed E-state index contributed by atoms with van der Waals surface area (Å²) in [6.07, 6.45) is 0.483. The van der Waals surface area contributed by atoms with Crippen LogP contribution in [0, 0.1) is 6.92 Å². The number of hydrogen-bond donors (Lipinski definition) is 0. The molecule has 1 aliphatic heterocycles. The number of aryl methyl sites for hydroxylation is 1. The van der Waals surface area contributed by atoms with E-state index in [1.807, 2.05) is 18.2 Å². The van der Waals surface area contributed by atoms with Crippen molar-refractivity contribution in [2.24, 2.45) is 0 Å². The van der Waals surface area contributed by atoms with Gasteiger partial charge in [0, 0.05) is 19.3 Å². The minimum atomic E-state index is -1.12. The van der Waals surface area contributed by atoms with Gasteiger partial charge in [-0.05, 0) is 42.2 Å². The number of carbonyl (C=O) groups excluding carboxylic acids is 1. The molecule has 2 heterocycles. The molecule has 1 unspecified atom stereocenters. The zero-order chi connectivity index (χ0) is 20.4. The van der Waals surface area contributed by atoms with Crippen LogP contribution in [0.25, 0.3) is 11.1 Å². The van der Waals surface area contributed by atoms with Gasteiger partial charge in [0.05, 0.1) is 0 Å². The summed E-state index contributed by atoms with van der Waals surface area (Å²) in [5.74, 6) is 0.0895. The molecule has 0 bridgehead atoms. The summed E-state index contributed by atoms with van der Waals surface area (Å²) >= 11 is 0. The Kier molecular flexibility index (Phi) is 5.30. The molecule has 1 amide bonds. The number of pyridine rings is 1. The molecular weight excluding hydrogens is 367 g/mol. The standard InChI is InChI=1S/C24H23FN2O2/c1-16-4-3-5-20(12-16)19-8-6-18(7-9-19)13-27-14-21-10-11-26-23(22(21)24(27)28)29-15-17(2)25/h3-12,17H,13-15H2,1-2H3. The zero-order valence-electron chi connectivity index (χ0n) is 16.6. The van der Waals surface area contributed by atoms with Gasteiger partial charge in [-0.15, -0.1) is 0 Å². The summed E-state index contributed by atoms with van der Waals surface area (Å²) in [6.45, 7) is 4.38. The number of ether oxygens (including phenoxy) is 1.